The predicted molar refractivity (Wildman–Crippen MR) is 87.7 cm³/mol. The molecule has 0 spiro atoms. The number of aryl methyl sites for hydroxylation is 1. The van der Waals surface area contributed by atoms with Gasteiger partial charge in [0, 0.05) is 19.6 Å². The molecule has 0 atom stereocenters. The highest BCUT2D eigenvalue weighted by Crippen LogP contribution is 2.18. The number of benzene rings is 1. The second kappa shape index (κ2) is 8.76. The van der Waals surface area contributed by atoms with Gasteiger partial charge in [-0.1, -0.05) is 29.8 Å². The fourth-order valence-electron chi connectivity index (χ4n) is 2.77. The van der Waals surface area contributed by atoms with Gasteiger partial charge in [-0.05, 0) is 44.3 Å². The van der Waals surface area contributed by atoms with Gasteiger partial charge in [-0.3, -0.25) is 4.90 Å². The summed E-state index contributed by atoms with van der Waals surface area (Å²) in [4.78, 5) is 13.9. The number of carbonyl (C=O) groups is 1. The zero-order valence-electron chi connectivity index (χ0n) is 13.3. The van der Waals surface area contributed by atoms with Crippen molar-refractivity contribution in [2.75, 3.05) is 32.8 Å². The minimum absolute atomic E-state index is 0.0230. The molecule has 0 aromatic heterocycles. The zero-order chi connectivity index (χ0) is 15.8. The molecule has 0 radical (unpaired) electrons. The fourth-order valence-corrected chi connectivity index (χ4v) is 2.77. The summed E-state index contributed by atoms with van der Waals surface area (Å²) in [5.41, 5.74) is 2.67. The lowest BCUT2D eigenvalue weighted by molar-refractivity contribution is 0.174. The van der Waals surface area contributed by atoms with Crippen LogP contribution in [0.3, 0.4) is 0 Å². The zero-order valence-corrected chi connectivity index (χ0v) is 13.3. The van der Waals surface area contributed by atoms with Crippen molar-refractivity contribution in [3.63, 3.8) is 0 Å². The second-order valence-electron chi connectivity index (χ2n) is 6.07. The number of nitrogens with one attached hydrogen (secondary N) is 2. The van der Waals surface area contributed by atoms with E-state index in [1.807, 2.05) is 0 Å². The minimum Gasteiger partial charge on any atom is -0.395 e. The molecule has 5 heteroatoms. The van der Waals surface area contributed by atoms with Crippen molar-refractivity contribution in [1.29, 1.82) is 0 Å². The largest absolute Gasteiger partial charge is 0.395 e. The highest BCUT2D eigenvalue weighted by molar-refractivity contribution is 5.73. The molecule has 122 valence electrons. The van der Waals surface area contributed by atoms with Gasteiger partial charge in [-0.25, -0.2) is 4.79 Å². The van der Waals surface area contributed by atoms with E-state index in [1.54, 1.807) is 0 Å². The highest BCUT2D eigenvalue weighted by Gasteiger charge is 2.19. The van der Waals surface area contributed by atoms with Crippen LogP contribution in [0.2, 0.25) is 0 Å². The fraction of sp³-hybridized carbons (Fsp3) is 0.588. The number of hydrogen-bond acceptors (Lipinski definition) is 3. The Hall–Kier alpha value is -1.59. The molecule has 2 rings (SSSR count). The molecule has 0 unspecified atom stereocenters. The molecule has 2 amide bonds. The van der Waals surface area contributed by atoms with Crippen molar-refractivity contribution in [2.45, 2.75) is 26.3 Å². The number of piperidine rings is 1. The molecule has 5 nitrogen and oxygen atoms in total. The second-order valence-corrected chi connectivity index (χ2v) is 6.07. The third kappa shape index (κ3) is 5.66. The normalized spacial score (nSPS) is 16.5. The van der Waals surface area contributed by atoms with Crippen molar-refractivity contribution in [3.8, 4) is 0 Å². The molecule has 22 heavy (non-hydrogen) atoms. The lowest BCUT2D eigenvalue weighted by Gasteiger charge is -2.32. The molecule has 0 saturated carbocycles. The van der Waals surface area contributed by atoms with Gasteiger partial charge in [0.1, 0.15) is 0 Å². The predicted octanol–water partition coefficient (Wildman–Crippen LogP) is 1.50. The van der Waals surface area contributed by atoms with E-state index in [-0.39, 0.29) is 12.6 Å². The van der Waals surface area contributed by atoms with Crippen LogP contribution in [0.25, 0.3) is 0 Å². The van der Waals surface area contributed by atoms with Gasteiger partial charge in [0.15, 0.2) is 0 Å². The third-order valence-corrected chi connectivity index (χ3v) is 4.18. The number of carbonyl (C=O) groups excluding carboxylic acids is 1. The maximum absolute atomic E-state index is 11.4. The number of aliphatic hydroxyl groups excluding tert-OH is 1. The van der Waals surface area contributed by atoms with Crippen molar-refractivity contribution in [3.05, 3.63) is 35.4 Å². The van der Waals surface area contributed by atoms with Crippen LogP contribution in [0.5, 0.6) is 0 Å². The van der Waals surface area contributed by atoms with Gasteiger partial charge >= 0.3 is 6.03 Å². The van der Waals surface area contributed by atoms with Crippen LogP contribution in [-0.2, 0) is 6.54 Å². The molecule has 1 fully saturated rings. The van der Waals surface area contributed by atoms with Gasteiger partial charge in [-0.2, -0.15) is 0 Å². The average Bonchev–Trinajstić information content (AvgIpc) is 2.54. The Kier molecular flexibility index (Phi) is 6.68. The molecule has 1 aliphatic heterocycles. The van der Waals surface area contributed by atoms with E-state index >= 15 is 0 Å². The van der Waals surface area contributed by atoms with Gasteiger partial charge in [0.05, 0.1) is 6.61 Å². The lowest BCUT2D eigenvalue weighted by atomic mass is 9.96. The van der Waals surface area contributed by atoms with Crippen LogP contribution >= 0.6 is 0 Å². The Morgan fingerprint density at radius 1 is 1.23 bits per heavy atom. The molecule has 1 aliphatic rings. The molecule has 1 aromatic carbocycles. The standard InChI is InChI=1S/C17H27N3O2/c1-14-2-4-16(5-3-14)13-20-9-6-15(7-10-20)12-19-17(22)18-8-11-21/h2-5,15,21H,6-13H2,1H3,(H2,18,19,22). The topological polar surface area (TPSA) is 64.6 Å². The summed E-state index contributed by atoms with van der Waals surface area (Å²) >= 11 is 0. The van der Waals surface area contributed by atoms with Crippen LogP contribution in [0.1, 0.15) is 24.0 Å². The SMILES string of the molecule is Cc1ccc(CN2CCC(CNC(=O)NCCO)CC2)cc1. The number of aliphatic hydroxyl groups is 1. The monoisotopic (exact) mass is 305 g/mol. The quantitative estimate of drug-likeness (QED) is 0.746. The van der Waals surface area contributed by atoms with E-state index in [2.05, 4.69) is 46.7 Å². The first kappa shape index (κ1) is 16.8. The first-order valence-corrected chi connectivity index (χ1v) is 8.08. The molecule has 1 saturated heterocycles. The van der Waals surface area contributed by atoms with Crippen LogP contribution < -0.4 is 10.6 Å². The Labute approximate surface area is 132 Å². The van der Waals surface area contributed by atoms with Crippen molar-refractivity contribution in [2.24, 2.45) is 5.92 Å². The summed E-state index contributed by atoms with van der Waals surface area (Å²) < 4.78 is 0. The van der Waals surface area contributed by atoms with E-state index in [1.165, 1.54) is 11.1 Å². The molecule has 0 bridgehead atoms. The van der Waals surface area contributed by atoms with E-state index in [4.69, 9.17) is 5.11 Å². The minimum atomic E-state index is -0.184. The first-order chi connectivity index (χ1) is 10.7. The Balaban J connectivity index is 1.65. The number of nitrogens with zero attached hydrogens (tertiary/aromatic N) is 1. The lowest BCUT2D eigenvalue weighted by Crippen LogP contribution is -2.42. The molecular weight excluding hydrogens is 278 g/mol. The van der Waals surface area contributed by atoms with E-state index in [0.717, 1.165) is 39.0 Å². The van der Waals surface area contributed by atoms with Crippen LogP contribution in [0, 0.1) is 12.8 Å². The highest BCUT2D eigenvalue weighted by atomic mass is 16.3. The van der Waals surface area contributed by atoms with Crippen molar-refractivity contribution < 1.29 is 9.90 Å². The summed E-state index contributed by atoms with van der Waals surface area (Å²) in [6.45, 7) is 6.29. The van der Waals surface area contributed by atoms with Crippen LogP contribution in [0.15, 0.2) is 24.3 Å². The van der Waals surface area contributed by atoms with E-state index in [0.29, 0.717) is 12.5 Å². The van der Waals surface area contributed by atoms with Gasteiger partial charge in [-0.15, -0.1) is 0 Å². The Bertz CT molecular complexity index is 453. The summed E-state index contributed by atoms with van der Waals surface area (Å²) in [6.07, 6.45) is 2.23. The van der Waals surface area contributed by atoms with Gasteiger partial charge in [0.2, 0.25) is 0 Å². The maximum atomic E-state index is 11.4. The maximum Gasteiger partial charge on any atom is 0.314 e. The van der Waals surface area contributed by atoms with E-state index < -0.39 is 0 Å². The summed E-state index contributed by atoms with van der Waals surface area (Å²) in [6, 6.07) is 8.55. The smallest absolute Gasteiger partial charge is 0.314 e. The summed E-state index contributed by atoms with van der Waals surface area (Å²) in [5, 5.41) is 14.1. The molecule has 0 aliphatic carbocycles. The Morgan fingerprint density at radius 3 is 2.55 bits per heavy atom. The molecule has 3 N–H and O–H groups in total. The number of amides is 2. The number of hydrogen-bond donors (Lipinski definition) is 3. The summed E-state index contributed by atoms with van der Waals surface area (Å²) in [5.74, 6) is 0.550. The Morgan fingerprint density at radius 2 is 1.91 bits per heavy atom. The third-order valence-electron chi connectivity index (χ3n) is 4.18. The van der Waals surface area contributed by atoms with Crippen LogP contribution in [-0.4, -0.2) is 48.8 Å². The average molecular weight is 305 g/mol. The number of likely N-dealkylation sites (tertiary alicyclic amines) is 1. The van der Waals surface area contributed by atoms with Gasteiger partial charge in [0.25, 0.3) is 0 Å². The molecule has 1 aromatic rings. The van der Waals surface area contributed by atoms with E-state index in [9.17, 15) is 4.79 Å². The number of rotatable bonds is 6. The van der Waals surface area contributed by atoms with Crippen molar-refractivity contribution in [1.82, 2.24) is 15.5 Å². The molecular formula is C17H27N3O2. The summed E-state index contributed by atoms with van der Waals surface area (Å²) in [7, 11) is 0. The van der Waals surface area contributed by atoms with Gasteiger partial charge < -0.3 is 15.7 Å². The first-order valence-electron chi connectivity index (χ1n) is 8.08. The number of urea groups is 1. The molecule has 1 heterocycles. The van der Waals surface area contributed by atoms with Crippen LogP contribution in [0.4, 0.5) is 4.79 Å². The van der Waals surface area contributed by atoms with Crippen molar-refractivity contribution >= 4 is 6.03 Å².